The summed E-state index contributed by atoms with van der Waals surface area (Å²) in [6.07, 6.45) is 3.49. The highest BCUT2D eigenvalue weighted by atomic mass is 32.2. The van der Waals surface area contributed by atoms with Crippen molar-refractivity contribution < 1.29 is 9.90 Å². The smallest absolute Gasteiger partial charge is 0.183 e. The van der Waals surface area contributed by atoms with Crippen LogP contribution in [0.15, 0.2) is 23.2 Å². The van der Waals surface area contributed by atoms with E-state index >= 15 is 0 Å². The zero-order chi connectivity index (χ0) is 12.8. The number of phenolic OH excluding ortho intramolecular Hbond substituents is 1. The molecular weight excluding hydrogens is 238 g/mol. The van der Waals surface area contributed by atoms with Gasteiger partial charge in [-0.25, -0.2) is 4.99 Å². The molecule has 0 amide bonds. The predicted octanol–water partition coefficient (Wildman–Crippen LogP) is 2.02. The largest absolute Gasteiger partial charge is 0.506 e. The Balaban J connectivity index is 3.17. The molecule has 0 heterocycles. The minimum atomic E-state index is -0.111. The lowest BCUT2D eigenvalue weighted by atomic mass is 10.1. The fourth-order valence-electron chi connectivity index (χ4n) is 1.11. The Kier molecular flexibility index (Phi) is 4.55. The van der Waals surface area contributed by atoms with Gasteiger partial charge in [0.1, 0.15) is 11.4 Å². The average Bonchev–Trinajstić information content (AvgIpc) is 2.30. The summed E-state index contributed by atoms with van der Waals surface area (Å²) < 4.78 is 0. The van der Waals surface area contributed by atoms with Crippen molar-refractivity contribution >= 4 is 28.4 Å². The quantitative estimate of drug-likeness (QED) is 0.275. The van der Waals surface area contributed by atoms with E-state index in [-0.39, 0.29) is 17.2 Å². The van der Waals surface area contributed by atoms with Gasteiger partial charge in [-0.2, -0.15) is 5.26 Å². The molecule has 0 bridgehead atoms. The molecule has 0 aromatic heterocycles. The van der Waals surface area contributed by atoms with E-state index in [0.717, 1.165) is 0 Å². The summed E-state index contributed by atoms with van der Waals surface area (Å²) in [5.74, 6) is -0.151. The van der Waals surface area contributed by atoms with Crippen molar-refractivity contribution in [1.82, 2.24) is 5.32 Å². The van der Waals surface area contributed by atoms with E-state index in [9.17, 15) is 9.90 Å². The molecular formula is C11H11N3O2S. The summed E-state index contributed by atoms with van der Waals surface area (Å²) in [5, 5.41) is 20.8. The number of hydrogen-bond acceptors (Lipinski definition) is 5. The van der Waals surface area contributed by atoms with Gasteiger partial charge in [0.2, 0.25) is 0 Å². The van der Waals surface area contributed by atoms with Crippen LogP contribution < -0.4 is 5.32 Å². The number of thioether (sulfide) groups is 1. The van der Waals surface area contributed by atoms with Crippen LogP contribution in [-0.4, -0.2) is 22.3 Å². The van der Waals surface area contributed by atoms with Gasteiger partial charge in [0, 0.05) is 5.56 Å². The van der Waals surface area contributed by atoms with Crippen LogP contribution in [0.2, 0.25) is 0 Å². The molecule has 0 saturated heterocycles. The molecule has 1 aromatic rings. The van der Waals surface area contributed by atoms with Gasteiger partial charge in [0.05, 0.1) is 0 Å². The normalized spacial score (nSPS) is 10.8. The number of rotatable bonds is 2. The minimum Gasteiger partial charge on any atom is -0.506 e. The first kappa shape index (κ1) is 13.1. The second-order valence-electron chi connectivity index (χ2n) is 3.12. The Morgan fingerprint density at radius 2 is 2.29 bits per heavy atom. The van der Waals surface area contributed by atoms with Crippen LogP contribution in [0.5, 0.6) is 5.75 Å². The summed E-state index contributed by atoms with van der Waals surface area (Å²) in [5.41, 5.74) is 0.712. The topological polar surface area (TPSA) is 85.5 Å². The van der Waals surface area contributed by atoms with Crippen molar-refractivity contribution in [2.45, 2.75) is 6.92 Å². The van der Waals surface area contributed by atoms with Crippen molar-refractivity contribution in [2.75, 3.05) is 6.26 Å². The number of benzene rings is 1. The standard InChI is InChI=1S/C11H11N3O2S/c1-7(15)8-3-4-10(16)9(5-8)14-11(17-2)13-6-12/h3-5,16H,1-2H3,(H,13,14). The number of aromatic hydroxyl groups is 1. The number of ketones is 1. The van der Waals surface area contributed by atoms with E-state index in [0.29, 0.717) is 10.7 Å². The number of nitriles is 1. The molecule has 88 valence electrons. The lowest BCUT2D eigenvalue weighted by Gasteiger charge is -2.03. The number of aliphatic imine (C=N–C) groups is 1. The zero-order valence-electron chi connectivity index (χ0n) is 9.39. The molecule has 0 aliphatic carbocycles. The van der Waals surface area contributed by atoms with Gasteiger partial charge in [-0.1, -0.05) is 11.8 Å². The zero-order valence-corrected chi connectivity index (χ0v) is 10.2. The van der Waals surface area contributed by atoms with E-state index in [2.05, 4.69) is 10.3 Å². The number of carbonyl (C=O) groups excluding carboxylic acids is 1. The molecule has 1 aromatic carbocycles. The summed E-state index contributed by atoms with van der Waals surface area (Å²) in [6, 6.07) is 4.40. The number of hydrogen-bond donors (Lipinski definition) is 2. The minimum absolute atomic E-state index is 0.0405. The first-order valence-corrected chi connectivity index (χ1v) is 5.92. The Morgan fingerprint density at radius 1 is 1.59 bits per heavy atom. The van der Waals surface area contributed by atoms with Crippen molar-refractivity contribution in [2.24, 2.45) is 4.99 Å². The van der Waals surface area contributed by atoms with Gasteiger partial charge in [-0.05, 0) is 31.4 Å². The predicted molar refractivity (Wildman–Crippen MR) is 67.5 cm³/mol. The Labute approximate surface area is 103 Å². The summed E-state index contributed by atoms with van der Waals surface area (Å²) >= 11 is 1.23. The molecule has 0 fully saturated rings. The molecule has 0 atom stereocenters. The van der Waals surface area contributed by atoms with Gasteiger partial charge < -0.3 is 5.11 Å². The van der Waals surface area contributed by atoms with Gasteiger partial charge in [0.15, 0.2) is 17.1 Å². The van der Waals surface area contributed by atoms with E-state index in [1.165, 1.54) is 36.9 Å². The Bertz CT molecular complexity index is 506. The summed E-state index contributed by atoms with van der Waals surface area (Å²) in [7, 11) is 0. The van der Waals surface area contributed by atoms with Crippen LogP contribution in [0, 0.1) is 11.5 Å². The monoisotopic (exact) mass is 249 g/mol. The second-order valence-corrected chi connectivity index (χ2v) is 3.91. The summed E-state index contributed by atoms with van der Waals surface area (Å²) in [6.45, 7) is 1.43. The highest BCUT2D eigenvalue weighted by Gasteiger charge is 2.06. The second kappa shape index (κ2) is 5.92. The molecule has 0 spiro atoms. The Hall–Kier alpha value is -2.00. The maximum Gasteiger partial charge on any atom is 0.183 e. The molecule has 0 radical (unpaired) electrons. The van der Waals surface area contributed by atoms with Gasteiger partial charge in [-0.15, -0.1) is 0 Å². The van der Waals surface area contributed by atoms with Gasteiger partial charge in [-0.3, -0.25) is 10.1 Å². The number of phenols is 1. The van der Waals surface area contributed by atoms with Crippen LogP contribution in [0.3, 0.4) is 0 Å². The van der Waals surface area contributed by atoms with E-state index in [1.54, 1.807) is 12.4 Å². The SMILES string of the molecule is CSC(=Nc1cc(C(C)=O)ccc1O)NC#N. The van der Waals surface area contributed by atoms with E-state index in [1.807, 2.05) is 0 Å². The van der Waals surface area contributed by atoms with Crippen molar-refractivity contribution in [3.8, 4) is 11.9 Å². The lowest BCUT2D eigenvalue weighted by molar-refractivity contribution is 0.101. The molecule has 1 rings (SSSR count). The van der Waals surface area contributed by atoms with Crippen LogP contribution in [0.1, 0.15) is 17.3 Å². The maximum absolute atomic E-state index is 11.2. The van der Waals surface area contributed by atoms with E-state index in [4.69, 9.17) is 5.26 Å². The number of Topliss-reactive ketones (excluding diaryl/α,β-unsaturated/α-hetero) is 1. The van der Waals surface area contributed by atoms with Crippen molar-refractivity contribution in [3.63, 3.8) is 0 Å². The van der Waals surface area contributed by atoms with Gasteiger partial charge in [0.25, 0.3) is 0 Å². The molecule has 5 nitrogen and oxygen atoms in total. The highest BCUT2D eigenvalue weighted by Crippen LogP contribution is 2.28. The molecule has 0 saturated carbocycles. The third kappa shape index (κ3) is 3.50. The highest BCUT2D eigenvalue weighted by molar-refractivity contribution is 8.13. The van der Waals surface area contributed by atoms with Crippen LogP contribution in [0.4, 0.5) is 5.69 Å². The van der Waals surface area contributed by atoms with Crippen LogP contribution >= 0.6 is 11.8 Å². The first-order chi connectivity index (χ1) is 8.08. The average molecular weight is 249 g/mol. The first-order valence-electron chi connectivity index (χ1n) is 4.70. The third-order valence-corrected chi connectivity index (χ3v) is 2.54. The van der Waals surface area contributed by atoms with Crippen molar-refractivity contribution in [1.29, 1.82) is 5.26 Å². The molecule has 0 aliphatic heterocycles. The number of nitrogens with zero attached hydrogens (tertiary/aromatic N) is 2. The maximum atomic E-state index is 11.2. The molecule has 17 heavy (non-hydrogen) atoms. The van der Waals surface area contributed by atoms with Crippen LogP contribution in [-0.2, 0) is 0 Å². The fraction of sp³-hybridized carbons (Fsp3) is 0.182. The molecule has 6 heteroatoms. The third-order valence-electron chi connectivity index (χ3n) is 1.96. The molecule has 0 unspecified atom stereocenters. The van der Waals surface area contributed by atoms with Crippen LogP contribution in [0.25, 0.3) is 0 Å². The summed E-state index contributed by atoms with van der Waals surface area (Å²) in [4.78, 5) is 15.2. The number of nitrogens with one attached hydrogen (secondary N) is 1. The molecule has 2 N–H and O–H groups in total. The lowest BCUT2D eigenvalue weighted by Crippen LogP contribution is -2.12. The number of carbonyl (C=O) groups is 1. The molecule has 0 aliphatic rings. The van der Waals surface area contributed by atoms with Crippen molar-refractivity contribution in [3.05, 3.63) is 23.8 Å². The fourth-order valence-corrected chi connectivity index (χ4v) is 1.45. The van der Waals surface area contributed by atoms with Gasteiger partial charge >= 0.3 is 0 Å². The van der Waals surface area contributed by atoms with E-state index < -0.39 is 0 Å². The number of amidine groups is 1. The Morgan fingerprint density at radius 3 is 2.82 bits per heavy atom.